The Balaban J connectivity index is 2.04. The molecule has 1 N–H and O–H groups in total. The Labute approximate surface area is 154 Å². The number of nitrogens with zero attached hydrogens (tertiary/aromatic N) is 2. The summed E-state index contributed by atoms with van der Waals surface area (Å²) in [5.74, 6) is 1.29. The van der Waals surface area contributed by atoms with Crippen LogP contribution in [0.5, 0.6) is 0 Å². The van der Waals surface area contributed by atoms with E-state index in [0.717, 1.165) is 12.8 Å². The third kappa shape index (κ3) is 5.73. The number of anilines is 1. The maximum Gasteiger partial charge on any atom is 0.245 e. The average molecular weight is 370 g/mol. The van der Waals surface area contributed by atoms with Gasteiger partial charge in [0, 0.05) is 18.5 Å². The highest BCUT2D eigenvalue weighted by molar-refractivity contribution is 6.19. The van der Waals surface area contributed by atoms with Crippen molar-refractivity contribution < 1.29 is 14.1 Å². The van der Waals surface area contributed by atoms with Gasteiger partial charge in [0.25, 0.3) is 0 Å². The molecule has 1 heterocycles. The van der Waals surface area contributed by atoms with Gasteiger partial charge in [0.15, 0.2) is 5.82 Å². The first-order valence-electron chi connectivity index (χ1n) is 8.90. The molecule has 2 amide bonds. The SMILES string of the molecule is Cc1cc(NC(=O)CN(CC2CCCCC2)C(=O)C(C)(C)CCl)no1. The van der Waals surface area contributed by atoms with E-state index in [2.05, 4.69) is 10.5 Å². The van der Waals surface area contributed by atoms with Crippen molar-refractivity contribution in [3.8, 4) is 0 Å². The van der Waals surface area contributed by atoms with Gasteiger partial charge in [-0.3, -0.25) is 9.59 Å². The molecule has 2 rings (SSSR count). The van der Waals surface area contributed by atoms with Crippen LogP contribution in [0.2, 0.25) is 0 Å². The van der Waals surface area contributed by atoms with Crippen molar-refractivity contribution in [1.29, 1.82) is 0 Å². The molecule has 1 aliphatic carbocycles. The Morgan fingerprint density at radius 2 is 2.04 bits per heavy atom. The number of rotatable bonds is 7. The van der Waals surface area contributed by atoms with Crippen molar-refractivity contribution in [2.75, 3.05) is 24.3 Å². The number of carbonyl (C=O) groups is 2. The van der Waals surface area contributed by atoms with E-state index in [4.69, 9.17) is 16.1 Å². The highest BCUT2D eigenvalue weighted by atomic mass is 35.5. The predicted molar refractivity (Wildman–Crippen MR) is 97.5 cm³/mol. The Morgan fingerprint density at radius 1 is 1.36 bits per heavy atom. The highest BCUT2D eigenvalue weighted by Gasteiger charge is 2.33. The maximum atomic E-state index is 12.9. The molecule has 25 heavy (non-hydrogen) atoms. The molecule has 0 aliphatic heterocycles. The zero-order valence-electron chi connectivity index (χ0n) is 15.3. The summed E-state index contributed by atoms with van der Waals surface area (Å²) in [6, 6.07) is 1.65. The fraction of sp³-hybridized carbons (Fsp3) is 0.722. The van der Waals surface area contributed by atoms with Gasteiger partial charge in [-0.1, -0.05) is 24.4 Å². The molecule has 0 radical (unpaired) electrons. The lowest BCUT2D eigenvalue weighted by atomic mass is 9.87. The number of alkyl halides is 1. The van der Waals surface area contributed by atoms with Crippen LogP contribution in [-0.4, -0.2) is 40.8 Å². The van der Waals surface area contributed by atoms with Gasteiger partial charge >= 0.3 is 0 Å². The van der Waals surface area contributed by atoms with Gasteiger partial charge in [0.05, 0.1) is 12.0 Å². The van der Waals surface area contributed by atoms with Gasteiger partial charge in [0.2, 0.25) is 11.8 Å². The average Bonchev–Trinajstić information content (AvgIpc) is 2.99. The van der Waals surface area contributed by atoms with Crippen molar-refractivity contribution in [3.05, 3.63) is 11.8 Å². The predicted octanol–water partition coefficient (Wildman–Crippen LogP) is 3.60. The second-order valence-corrected chi connectivity index (χ2v) is 7.85. The summed E-state index contributed by atoms with van der Waals surface area (Å²) < 4.78 is 4.95. The first-order chi connectivity index (χ1) is 11.8. The van der Waals surface area contributed by atoms with E-state index in [0.29, 0.717) is 24.0 Å². The fourth-order valence-corrected chi connectivity index (χ4v) is 3.28. The van der Waals surface area contributed by atoms with Crippen molar-refractivity contribution in [3.63, 3.8) is 0 Å². The van der Waals surface area contributed by atoms with Crippen LogP contribution in [0.4, 0.5) is 5.82 Å². The zero-order valence-corrected chi connectivity index (χ0v) is 16.1. The maximum absolute atomic E-state index is 12.9. The number of hydrogen-bond acceptors (Lipinski definition) is 4. The molecule has 1 aliphatic rings. The monoisotopic (exact) mass is 369 g/mol. The summed E-state index contributed by atoms with van der Waals surface area (Å²) in [5, 5.41) is 6.44. The van der Waals surface area contributed by atoms with Crippen LogP contribution in [-0.2, 0) is 9.59 Å². The molecule has 0 spiro atoms. The van der Waals surface area contributed by atoms with Gasteiger partial charge in [-0.15, -0.1) is 11.6 Å². The van der Waals surface area contributed by atoms with E-state index in [9.17, 15) is 9.59 Å². The molecule has 0 unspecified atom stereocenters. The second kappa shape index (κ2) is 8.70. The van der Waals surface area contributed by atoms with Crippen LogP contribution in [0, 0.1) is 18.3 Å². The first-order valence-corrected chi connectivity index (χ1v) is 9.44. The van der Waals surface area contributed by atoms with E-state index in [-0.39, 0.29) is 24.2 Å². The lowest BCUT2D eigenvalue weighted by Crippen LogP contribution is -2.47. The summed E-state index contributed by atoms with van der Waals surface area (Å²) in [7, 11) is 0. The normalized spacial score (nSPS) is 15.8. The lowest BCUT2D eigenvalue weighted by molar-refractivity contribution is -0.142. The van der Waals surface area contributed by atoms with Crippen LogP contribution >= 0.6 is 11.6 Å². The smallest absolute Gasteiger partial charge is 0.245 e. The third-order valence-electron chi connectivity index (χ3n) is 4.63. The minimum Gasteiger partial charge on any atom is -0.360 e. The summed E-state index contributed by atoms with van der Waals surface area (Å²) in [5.41, 5.74) is -0.693. The van der Waals surface area contributed by atoms with E-state index in [1.165, 1.54) is 19.3 Å². The highest BCUT2D eigenvalue weighted by Crippen LogP contribution is 2.27. The van der Waals surface area contributed by atoms with Crippen molar-refractivity contribution >= 4 is 29.2 Å². The first kappa shape index (κ1) is 19.8. The summed E-state index contributed by atoms with van der Waals surface area (Å²) in [6.07, 6.45) is 5.85. The molecule has 1 saturated carbocycles. The molecule has 7 heteroatoms. The fourth-order valence-electron chi connectivity index (χ4n) is 3.17. The molecule has 1 aromatic rings. The number of halogens is 1. The topological polar surface area (TPSA) is 75.4 Å². The molecular formula is C18H28ClN3O3. The van der Waals surface area contributed by atoms with Gasteiger partial charge < -0.3 is 14.7 Å². The van der Waals surface area contributed by atoms with E-state index in [1.54, 1.807) is 17.9 Å². The van der Waals surface area contributed by atoms with Crippen molar-refractivity contribution in [2.24, 2.45) is 11.3 Å². The summed E-state index contributed by atoms with van der Waals surface area (Å²) in [4.78, 5) is 26.9. The number of nitrogens with one attached hydrogen (secondary N) is 1. The van der Waals surface area contributed by atoms with Crippen LogP contribution in [0.1, 0.15) is 51.7 Å². The van der Waals surface area contributed by atoms with E-state index in [1.807, 2.05) is 13.8 Å². The van der Waals surface area contributed by atoms with Gasteiger partial charge in [-0.2, -0.15) is 0 Å². The number of aromatic nitrogens is 1. The molecule has 0 bridgehead atoms. The summed E-state index contributed by atoms with van der Waals surface area (Å²) >= 11 is 5.97. The third-order valence-corrected chi connectivity index (χ3v) is 5.30. The zero-order chi connectivity index (χ0) is 18.4. The molecule has 0 saturated heterocycles. The van der Waals surface area contributed by atoms with Crippen LogP contribution in [0.25, 0.3) is 0 Å². The van der Waals surface area contributed by atoms with Gasteiger partial charge in [0.1, 0.15) is 5.76 Å². The standard InChI is InChI=1S/C18H28ClN3O3/c1-13-9-15(21-25-13)20-16(23)11-22(17(24)18(2,3)12-19)10-14-7-5-4-6-8-14/h9,14H,4-8,10-12H2,1-3H3,(H,20,21,23). The molecule has 1 fully saturated rings. The number of carbonyl (C=O) groups excluding carboxylic acids is 2. The number of hydrogen-bond donors (Lipinski definition) is 1. The molecule has 0 aromatic carbocycles. The summed E-state index contributed by atoms with van der Waals surface area (Å²) in [6.45, 7) is 5.99. The second-order valence-electron chi connectivity index (χ2n) is 7.58. The number of amides is 2. The van der Waals surface area contributed by atoms with Crippen molar-refractivity contribution in [1.82, 2.24) is 10.1 Å². The minimum atomic E-state index is -0.693. The van der Waals surface area contributed by atoms with Gasteiger partial charge in [-0.25, -0.2) is 0 Å². The van der Waals surface area contributed by atoms with E-state index >= 15 is 0 Å². The molecule has 6 nitrogen and oxygen atoms in total. The molecule has 1 aromatic heterocycles. The molecule has 140 valence electrons. The minimum absolute atomic E-state index is 0.00155. The van der Waals surface area contributed by atoms with Crippen LogP contribution in [0.15, 0.2) is 10.6 Å². The van der Waals surface area contributed by atoms with Crippen molar-refractivity contribution in [2.45, 2.75) is 52.9 Å². The van der Waals surface area contributed by atoms with Crippen LogP contribution < -0.4 is 5.32 Å². The van der Waals surface area contributed by atoms with Crippen LogP contribution in [0.3, 0.4) is 0 Å². The molecular weight excluding hydrogens is 342 g/mol. The Morgan fingerprint density at radius 3 is 2.60 bits per heavy atom. The van der Waals surface area contributed by atoms with E-state index < -0.39 is 5.41 Å². The largest absolute Gasteiger partial charge is 0.360 e. The quantitative estimate of drug-likeness (QED) is 0.745. The van der Waals surface area contributed by atoms with Gasteiger partial charge in [-0.05, 0) is 39.5 Å². The molecule has 0 atom stereocenters. The Bertz CT molecular complexity index is 594. The Hall–Kier alpha value is -1.56. The lowest BCUT2D eigenvalue weighted by Gasteiger charge is -2.34. The Kier molecular flexibility index (Phi) is 6.87. The number of aryl methyl sites for hydroxylation is 1.